The maximum absolute atomic E-state index is 13.1. The highest BCUT2D eigenvalue weighted by molar-refractivity contribution is 5.94. The van der Waals surface area contributed by atoms with Crippen LogP contribution in [0.2, 0.25) is 0 Å². The lowest BCUT2D eigenvalue weighted by Crippen LogP contribution is -2.17. The molecule has 0 unspecified atom stereocenters. The fourth-order valence-electron chi connectivity index (χ4n) is 3.03. The number of carbonyl (C=O) groups is 1. The van der Waals surface area contributed by atoms with Gasteiger partial charge in [-0.2, -0.15) is 18.2 Å². The summed E-state index contributed by atoms with van der Waals surface area (Å²) in [7, 11) is 1.55. The first-order chi connectivity index (χ1) is 14.3. The molecule has 0 fully saturated rings. The van der Waals surface area contributed by atoms with Gasteiger partial charge in [0.1, 0.15) is 0 Å². The number of anilines is 2. The second kappa shape index (κ2) is 7.51. The summed E-state index contributed by atoms with van der Waals surface area (Å²) in [4.78, 5) is 16.1. The van der Waals surface area contributed by atoms with E-state index in [1.807, 2.05) is 0 Å². The van der Waals surface area contributed by atoms with Gasteiger partial charge in [0.2, 0.25) is 5.95 Å². The average molecular weight is 411 g/mol. The Hall–Kier alpha value is -3.88. The molecule has 4 aromatic rings. The molecule has 0 saturated carbocycles. The lowest BCUT2D eigenvalue weighted by atomic mass is 10.0. The van der Waals surface area contributed by atoms with Crippen LogP contribution in [0.4, 0.5) is 24.8 Å². The van der Waals surface area contributed by atoms with E-state index in [1.165, 1.54) is 10.6 Å². The molecule has 2 aromatic carbocycles. The molecule has 0 aliphatic carbocycles. The number of nitrogens with one attached hydrogen (secondary N) is 2. The van der Waals surface area contributed by atoms with Gasteiger partial charge >= 0.3 is 6.18 Å². The van der Waals surface area contributed by atoms with Crippen LogP contribution in [0.25, 0.3) is 16.8 Å². The number of aromatic nitrogens is 3. The summed E-state index contributed by atoms with van der Waals surface area (Å²) >= 11 is 0. The van der Waals surface area contributed by atoms with Gasteiger partial charge in [0.05, 0.1) is 5.56 Å². The van der Waals surface area contributed by atoms with Crippen LogP contribution >= 0.6 is 0 Å². The molecule has 30 heavy (non-hydrogen) atoms. The van der Waals surface area contributed by atoms with Gasteiger partial charge in [-0.1, -0.05) is 12.1 Å². The topological polar surface area (TPSA) is 71.3 Å². The number of hydrogen-bond acceptors (Lipinski definition) is 4. The molecule has 2 heterocycles. The number of rotatable bonds is 4. The van der Waals surface area contributed by atoms with Gasteiger partial charge in [-0.05, 0) is 54.1 Å². The Morgan fingerprint density at radius 1 is 1.03 bits per heavy atom. The Morgan fingerprint density at radius 2 is 1.80 bits per heavy atom. The van der Waals surface area contributed by atoms with Crippen LogP contribution in [0, 0.1) is 0 Å². The van der Waals surface area contributed by atoms with Gasteiger partial charge in [-0.25, -0.2) is 4.52 Å². The van der Waals surface area contributed by atoms with E-state index in [4.69, 9.17) is 0 Å². The maximum atomic E-state index is 13.1. The number of nitrogens with zero attached hydrogens (tertiary/aromatic N) is 3. The van der Waals surface area contributed by atoms with Crippen LogP contribution in [0.3, 0.4) is 0 Å². The van der Waals surface area contributed by atoms with E-state index >= 15 is 0 Å². The number of carbonyl (C=O) groups excluding carboxylic acids is 1. The van der Waals surface area contributed by atoms with E-state index in [9.17, 15) is 18.0 Å². The van der Waals surface area contributed by atoms with E-state index in [1.54, 1.807) is 55.7 Å². The minimum absolute atomic E-state index is 0.196. The van der Waals surface area contributed by atoms with Crippen molar-refractivity contribution >= 4 is 23.2 Å². The first-order valence-electron chi connectivity index (χ1n) is 8.97. The molecular formula is C21H16F3N5O. The molecule has 0 saturated heterocycles. The van der Waals surface area contributed by atoms with Crippen LogP contribution in [0.1, 0.15) is 15.9 Å². The summed E-state index contributed by atoms with van der Waals surface area (Å²) in [6, 6.07) is 15.2. The highest BCUT2D eigenvalue weighted by Crippen LogP contribution is 2.33. The fourth-order valence-corrected chi connectivity index (χ4v) is 3.03. The Bertz CT molecular complexity index is 1220. The molecule has 0 aliphatic heterocycles. The van der Waals surface area contributed by atoms with E-state index < -0.39 is 11.7 Å². The monoisotopic (exact) mass is 411 g/mol. The zero-order chi connectivity index (χ0) is 21.3. The number of hydrogen-bond donors (Lipinski definition) is 2. The summed E-state index contributed by atoms with van der Waals surface area (Å²) in [5.41, 5.74) is 1.79. The first kappa shape index (κ1) is 19.4. The predicted octanol–water partition coefficient (Wildman–Crippen LogP) is 4.52. The van der Waals surface area contributed by atoms with E-state index in [2.05, 4.69) is 20.7 Å². The quantitative estimate of drug-likeness (QED) is 0.518. The normalized spacial score (nSPS) is 11.5. The van der Waals surface area contributed by atoms with Crippen LogP contribution in [0.15, 0.2) is 66.9 Å². The third kappa shape index (κ3) is 3.82. The Kier molecular flexibility index (Phi) is 4.86. The number of halogens is 3. The predicted molar refractivity (Wildman–Crippen MR) is 107 cm³/mol. The van der Waals surface area contributed by atoms with E-state index in [0.29, 0.717) is 28.0 Å². The van der Waals surface area contributed by atoms with Crippen molar-refractivity contribution in [2.24, 2.45) is 0 Å². The zero-order valence-electron chi connectivity index (χ0n) is 15.7. The third-order valence-corrected chi connectivity index (χ3v) is 4.49. The molecule has 0 radical (unpaired) electrons. The second-order valence-electron chi connectivity index (χ2n) is 6.49. The van der Waals surface area contributed by atoms with Crippen LogP contribution < -0.4 is 10.6 Å². The molecule has 6 nitrogen and oxygen atoms in total. The standard InChI is InChI=1S/C21H16F3N5O/c1-25-19(30)13-7-9-16(10-8-13)26-20-27-18-17(6-3-11-29(18)28-20)14-4-2-5-15(12-14)21(22,23)24/h2-12H,1H3,(H,25,30)(H,26,28). The Balaban J connectivity index is 1.67. The lowest BCUT2D eigenvalue weighted by Gasteiger charge is -2.09. The minimum Gasteiger partial charge on any atom is -0.355 e. The summed E-state index contributed by atoms with van der Waals surface area (Å²) in [6.45, 7) is 0. The van der Waals surface area contributed by atoms with Gasteiger partial charge in [0, 0.05) is 30.1 Å². The van der Waals surface area contributed by atoms with Crippen molar-refractivity contribution in [3.8, 4) is 11.1 Å². The van der Waals surface area contributed by atoms with Gasteiger partial charge in [0.25, 0.3) is 5.91 Å². The van der Waals surface area contributed by atoms with E-state index in [0.717, 1.165) is 12.1 Å². The van der Waals surface area contributed by atoms with Crippen molar-refractivity contribution in [1.29, 1.82) is 0 Å². The largest absolute Gasteiger partial charge is 0.416 e. The zero-order valence-corrected chi connectivity index (χ0v) is 15.7. The van der Waals surface area contributed by atoms with Crippen molar-refractivity contribution in [3.05, 3.63) is 78.0 Å². The van der Waals surface area contributed by atoms with Crippen LogP contribution in [0.5, 0.6) is 0 Å². The molecule has 2 N–H and O–H groups in total. The lowest BCUT2D eigenvalue weighted by molar-refractivity contribution is -0.137. The SMILES string of the molecule is CNC(=O)c1ccc(Nc2nc3c(-c4cccc(C(F)(F)F)c4)cccn3n2)cc1. The molecule has 0 atom stereocenters. The fraction of sp³-hybridized carbons (Fsp3) is 0.0952. The highest BCUT2D eigenvalue weighted by Gasteiger charge is 2.30. The molecule has 0 bridgehead atoms. The molecule has 9 heteroatoms. The molecule has 2 aromatic heterocycles. The number of fused-ring (bicyclic) bond motifs is 1. The summed E-state index contributed by atoms with van der Waals surface area (Å²) < 4.78 is 40.7. The number of amides is 1. The number of alkyl halides is 3. The highest BCUT2D eigenvalue weighted by atomic mass is 19.4. The third-order valence-electron chi connectivity index (χ3n) is 4.49. The number of benzene rings is 2. The van der Waals surface area contributed by atoms with Crippen LogP contribution in [-0.2, 0) is 6.18 Å². The molecule has 4 rings (SSSR count). The van der Waals surface area contributed by atoms with Crippen molar-refractivity contribution in [1.82, 2.24) is 19.9 Å². The van der Waals surface area contributed by atoms with Gasteiger partial charge in [-0.15, -0.1) is 5.10 Å². The molecule has 0 spiro atoms. The first-order valence-corrected chi connectivity index (χ1v) is 8.97. The molecule has 152 valence electrons. The number of pyridine rings is 1. The molecular weight excluding hydrogens is 395 g/mol. The van der Waals surface area contributed by atoms with Crippen molar-refractivity contribution in [2.45, 2.75) is 6.18 Å². The van der Waals surface area contributed by atoms with Crippen molar-refractivity contribution in [2.75, 3.05) is 12.4 Å². The maximum Gasteiger partial charge on any atom is 0.416 e. The smallest absolute Gasteiger partial charge is 0.355 e. The van der Waals surface area contributed by atoms with Crippen molar-refractivity contribution in [3.63, 3.8) is 0 Å². The Labute approximate surface area is 169 Å². The second-order valence-corrected chi connectivity index (χ2v) is 6.49. The van der Waals surface area contributed by atoms with Crippen LogP contribution in [-0.4, -0.2) is 27.6 Å². The van der Waals surface area contributed by atoms with Gasteiger partial charge in [-0.3, -0.25) is 4.79 Å². The average Bonchev–Trinajstić information content (AvgIpc) is 3.15. The minimum atomic E-state index is -4.43. The van der Waals surface area contributed by atoms with Crippen molar-refractivity contribution < 1.29 is 18.0 Å². The van der Waals surface area contributed by atoms with E-state index in [-0.39, 0.29) is 11.9 Å². The summed E-state index contributed by atoms with van der Waals surface area (Å²) in [5, 5.41) is 9.91. The molecule has 1 amide bonds. The summed E-state index contributed by atoms with van der Waals surface area (Å²) in [5.74, 6) is 0.0836. The molecule has 0 aliphatic rings. The van der Waals surface area contributed by atoms with Gasteiger partial charge in [0.15, 0.2) is 5.65 Å². The Morgan fingerprint density at radius 3 is 2.50 bits per heavy atom. The van der Waals surface area contributed by atoms with Gasteiger partial charge < -0.3 is 10.6 Å². The summed E-state index contributed by atoms with van der Waals surface area (Å²) in [6.07, 6.45) is -2.76.